The summed E-state index contributed by atoms with van der Waals surface area (Å²) in [4.78, 5) is 0. The Balaban J connectivity index is 2.34. The predicted molar refractivity (Wildman–Crippen MR) is 55.9 cm³/mol. The average molecular weight is 237 g/mol. The monoisotopic (exact) mass is 236 g/mol. The first-order valence-corrected chi connectivity index (χ1v) is 5.31. The zero-order valence-electron chi connectivity index (χ0n) is 7.09. The van der Waals surface area contributed by atoms with Crippen molar-refractivity contribution in [3.63, 3.8) is 0 Å². The normalized spacial score (nSPS) is 16.7. The molecular weight excluding hydrogens is 228 g/mol. The number of rotatable bonds is 1. The molecule has 13 heavy (non-hydrogen) atoms. The van der Waals surface area contributed by atoms with Crippen molar-refractivity contribution in [2.75, 3.05) is 0 Å². The maximum Gasteiger partial charge on any atom is 0.135 e. The minimum absolute atomic E-state index is 0.750. The van der Waals surface area contributed by atoms with Crippen molar-refractivity contribution in [1.29, 1.82) is 0 Å². The Morgan fingerprint density at radius 2 is 2.15 bits per heavy atom. The van der Waals surface area contributed by atoms with E-state index in [0.717, 1.165) is 16.0 Å². The van der Waals surface area contributed by atoms with Crippen LogP contribution in [0.25, 0.3) is 11.0 Å². The third-order valence-electron chi connectivity index (χ3n) is 2.59. The minimum Gasteiger partial charge on any atom is -0.464 e. The summed E-state index contributed by atoms with van der Waals surface area (Å²) in [6, 6.07) is 6.10. The molecule has 3 rings (SSSR count). The Hall–Kier alpha value is -0.760. The Labute approximate surface area is 84.9 Å². The second-order valence-electron chi connectivity index (χ2n) is 3.58. The van der Waals surface area contributed by atoms with Crippen LogP contribution in [0.5, 0.6) is 0 Å². The van der Waals surface area contributed by atoms with Crippen molar-refractivity contribution >= 4 is 26.9 Å². The lowest BCUT2D eigenvalue weighted by atomic mass is 10.1. The summed E-state index contributed by atoms with van der Waals surface area (Å²) in [6.07, 6.45) is 4.54. The fourth-order valence-corrected chi connectivity index (χ4v) is 2.34. The Morgan fingerprint density at radius 1 is 1.31 bits per heavy atom. The maximum absolute atomic E-state index is 5.50. The quantitative estimate of drug-likeness (QED) is 0.728. The van der Waals surface area contributed by atoms with Gasteiger partial charge in [-0.3, -0.25) is 0 Å². The number of hydrogen-bond acceptors (Lipinski definition) is 1. The lowest BCUT2D eigenvalue weighted by Crippen LogP contribution is -1.75. The summed E-state index contributed by atoms with van der Waals surface area (Å²) in [5.41, 5.74) is 2.37. The molecule has 1 saturated carbocycles. The van der Waals surface area contributed by atoms with Gasteiger partial charge in [-0.2, -0.15) is 0 Å². The molecule has 1 heterocycles. The third-order valence-corrected chi connectivity index (χ3v) is 3.25. The van der Waals surface area contributed by atoms with E-state index >= 15 is 0 Å². The molecule has 0 radical (unpaired) electrons. The summed E-state index contributed by atoms with van der Waals surface area (Å²) >= 11 is 3.56. The summed E-state index contributed by atoms with van der Waals surface area (Å²) in [7, 11) is 0. The van der Waals surface area contributed by atoms with Gasteiger partial charge < -0.3 is 4.42 Å². The van der Waals surface area contributed by atoms with Crippen molar-refractivity contribution in [3.05, 3.63) is 34.5 Å². The van der Waals surface area contributed by atoms with E-state index in [1.54, 1.807) is 0 Å². The highest BCUT2D eigenvalue weighted by molar-refractivity contribution is 9.10. The van der Waals surface area contributed by atoms with Gasteiger partial charge in [-0.15, -0.1) is 0 Å². The Bertz CT molecular complexity index is 454. The smallest absolute Gasteiger partial charge is 0.135 e. The number of furan rings is 1. The molecule has 0 aliphatic heterocycles. The van der Waals surface area contributed by atoms with E-state index in [1.165, 1.54) is 23.8 Å². The van der Waals surface area contributed by atoms with Crippen molar-refractivity contribution in [2.24, 2.45) is 0 Å². The topological polar surface area (TPSA) is 13.1 Å². The minimum atomic E-state index is 0.750. The summed E-state index contributed by atoms with van der Waals surface area (Å²) < 4.78 is 6.65. The van der Waals surface area contributed by atoms with Gasteiger partial charge >= 0.3 is 0 Å². The number of benzene rings is 1. The zero-order valence-corrected chi connectivity index (χ0v) is 8.67. The van der Waals surface area contributed by atoms with Crippen LogP contribution in [0.15, 0.2) is 33.4 Å². The SMILES string of the molecule is Brc1cccc2occ(C3CC3)c12. The van der Waals surface area contributed by atoms with Gasteiger partial charge in [-0.1, -0.05) is 22.0 Å². The van der Waals surface area contributed by atoms with Crippen LogP contribution in [-0.4, -0.2) is 0 Å². The lowest BCUT2D eigenvalue weighted by molar-refractivity contribution is 0.610. The molecule has 66 valence electrons. The van der Waals surface area contributed by atoms with E-state index in [9.17, 15) is 0 Å². The number of hydrogen-bond donors (Lipinski definition) is 0. The highest BCUT2D eigenvalue weighted by Gasteiger charge is 2.27. The first-order valence-electron chi connectivity index (χ1n) is 4.52. The molecule has 1 aliphatic carbocycles. The summed E-state index contributed by atoms with van der Waals surface area (Å²) in [5, 5.41) is 1.27. The lowest BCUT2D eigenvalue weighted by Gasteiger charge is -1.95. The van der Waals surface area contributed by atoms with Crippen LogP contribution in [0.1, 0.15) is 24.3 Å². The predicted octanol–water partition coefficient (Wildman–Crippen LogP) is 4.07. The molecule has 2 heteroatoms. The van der Waals surface area contributed by atoms with Crippen LogP contribution in [0.3, 0.4) is 0 Å². The molecule has 0 unspecified atom stereocenters. The molecule has 0 saturated heterocycles. The van der Waals surface area contributed by atoms with Gasteiger partial charge in [-0.25, -0.2) is 0 Å². The van der Waals surface area contributed by atoms with Gasteiger partial charge in [0.1, 0.15) is 5.58 Å². The first-order chi connectivity index (χ1) is 6.36. The first kappa shape index (κ1) is 7.63. The fraction of sp³-hybridized carbons (Fsp3) is 0.273. The Morgan fingerprint density at radius 3 is 2.92 bits per heavy atom. The van der Waals surface area contributed by atoms with Crippen LogP contribution in [0.2, 0.25) is 0 Å². The van der Waals surface area contributed by atoms with Crippen molar-refractivity contribution in [3.8, 4) is 0 Å². The molecule has 0 atom stereocenters. The van der Waals surface area contributed by atoms with Gasteiger partial charge in [0.15, 0.2) is 0 Å². The summed E-state index contributed by atoms with van der Waals surface area (Å²) in [6.45, 7) is 0. The largest absolute Gasteiger partial charge is 0.464 e. The van der Waals surface area contributed by atoms with Gasteiger partial charge in [-0.05, 0) is 30.9 Å². The van der Waals surface area contributed by atoms with Crippen LogP contribution < -0.4 is 0 Å². The average Bonchev–Trinajstić information content (AvgIpc) is 2.87. The molecule has 1 aliphatic rings. The number of fused-ring (bicyclic) bond motifs is 1. The van der Waals surface area contributed by atoms with Crippen LogP contribution in [0, 0.1) is 0 Å². The second kappa shape index (κ2) is 2.61. The van der Waals surface area contributed by atoms with Crippen LogP contribution in [0.4, 0.5) is 0 Å². The molecule has 0 amide bonds. The molecule has 0 bridgehead atoms. The van der Waals surface area contributed by atoms with Gasteiger partial charge in [0.05, 0.1) is 6.26 Å². The Kier molecular flexibility index (Phi) is 1.53. The van der Waals surface area contributed by atoms with E-state index < -0.39 is 0 Å². The molecule has 1 fully saturated rings. The molecule has 1 nitrogen and oxygen atoms in total. The van der Waals surface area contributed by atoms with Gasteiger partial charge in [0.25, 0.3) is 0 Å². The van der Waals surface area contributed by atoms with E-state index in [-0.39, 0.29) is 0 Å². The molecule has 2 aromatic rings. The van der Waals surface area contributed by atoms with Gasteiger partial charge in [0, 0.05) is 15.4 Å². The highest BCUT2D eigenvalue weighted by Crippen LogP contribution is 2.45. The second-order valence-corrected chi connectivity index (χ2v) is 4.43. The highest BCUT2D eigenvalue weighted by atomic mass is 79.9. The molecule has 1 aromatic carbocycles. The summed E-state index contributed by atoms with van der Waals surface area (Å²) in [5.74, 6) is 0.750. The van der Waals surface area contributed by atoms with E-state index in [1.807, 2.05) is 18.4 Å². The van der Waals surface area contributed by atoms with Crippen LogP contribution >= 0.6 is 15.9 Å². The standard InChI is InChI=1S/C11H9BrO/c12-9-2-1-3-10-11(9)8(6-13-10)7-4-5-7/h1-3,6-7H,4-5H2. The van der Waals surface area contributed by atoms with Crippen molar-refractivity contribution in [2.45, 2.75) is 18.8 Å². The molecule has 0 N–H and O–H groups in total. The van der Waals surface area contributed by atoms with Crippen LogP contribution in [-0.2, 0) is 0 Å². The van der Waals surface area contributed by atoms with Crippen molar-refractivity contribution < 1.29 is 4.42 Å². The van der Waals surface area contributed by atoms with Gasteiger partial charge in [0.2, 0.25) is 0 Å². The molecule has 0 spiro atoms. The zero-order chi connectivity index (χ0) is 8.84. The fourth-order valence-electron chi connectivity index (χ4n) is 1.76. The van der Waals surface area contributed by atoms with E-state index in [2.05, 4.69) is 22.0 Å². The molecule has 1 aromatic heterocycles. The van der Waals surface area contributed by atoms with E-state index in [0.29, 0.717) is 0 Å². The van der Waals surface area contributed by atoms with Crippen molar-refractivity contribution in [1.82, 2.24) is 0 Å². The maximum atomic E-state index is 5.50. The number of halogens is 1. The van der Waals surface area contributed by atoms with E-state index in [4.69, 9.17) is 4.42 Å². The third kappa shape index (κ3) is 1.12. The molecular formula is C11H9BrO.